The largest absolute Gasteiger partial charge is 0.444 e. The standard InChI is InChI=1S/C16H19ClN2O3/c1-16(2,3)22-15(21)19-11-10-18-14(20)9-6-12-4-7-13(17)8-5-12/h4-5,7-8H,10-11H2,1-3H3,(H,18,20)(H,19,21). The summed E-state index contributed by atoms with van der Waals surface area (Å²) in [7, 11) is 0. The van der Waals surface area contributed by atoms with Crippen LogP contribution in [0.5, 0.6) is 0 Å². The van der Waals surface area contributed by atoms with Gasteiger partial charge in [-0.1, -0.05) is 17.5 Å². The number of halogens is 1. The Hall–Kier alpha value is -2.19. The van der Waals surface area contributed by atoms with Crippen molar-refractivity contribution in [3.8, 4) is 11.8 Å². The van der Waals surface area contributed by atoms with Crippen molar-refractivity contribution in [3.05, 3.63) is 34.9 Å². The van der Waals surface area contributed by atoms with Gasteiger partial charge >= 0.3 is 6.09 Å². The maximum atomic E-state index is 11.5. The van der Waals surface area contributed by atoms with Gasteiger partial charge in [-0.05, 0) is 45.0 Å². The number of carbonyl (C=O) groups excluding carboxylic acids is 2. The highest BCUT2D eigenvalue weighted by Gasteiger charge is 2.15. The molecule has 6 heteroatoms. The highest BCUT2D eigenvalue weighted by molar-refractivity contribution is 6.30. The average molecular weight is 323 g/mol. The first-order valence-corrected chi connectivity index (χ1v) is 7.16. The van der Waals surface area contributed by atoms with E-state index < -0.39 is 17.6 Å². The fourth-order valence-electron chi connectivity index (χ4n) is 1.36. The Kier molecular flexibility index (Phi) is 6.74. The van der Waals surface area contributed by atoms with E-state index in [2.05, 4.69) is 22.5 Å². The van der Waals surface area contributed by atoms with E-state index in [4.69, 9.17) is 16.3 Å². The molecule has 2 amide bonds. The van der Waals surface area contributed by atoms with E-state index in [9.17, 15) is 9.59 Å². The van der Waals surface area contributed by atoms with Crippen LogP contribution in [0.3, 0.4) is 0 Å². The van der Waals surface area contributed by atoms with Crippen LogP contribution in [0.4, 0.5) is 4.79 Å². The molecule has 0 radical (unpaired) electrons. The molecule has 1 rings (SSSR count). The molecule has 1 aromatic rings. The van der Waals surface area contributed by atoms with Crippen LogP contribution in [0, 0.1) is 11.8 Å². The Labute approximate surface area is 135 Å². The van der Waals surface area contributed by atoms with Gasteiger partial charge in [-0.2, -0.15) is 0 Å². The zero-order chi connectivity index (χ0) is 16.6. The van der Waals surface area contributed by atoms with Crippen LogP contribution in [-0.4, -0.2) is 30.7 Å². The molecule has 0 fully saturated rings. The first-order valence-electron chi connectivity index (χ1n) is 6.78. The Morgan fingerprint density at radius 1 is 1.14 bits per heavy atom. The van der Waals surface area contributed by atoms with Gasteiger partial charge in [-0.25, -0.2) is 4.79 Å². The lowest BCUT2D eigenvalue weighted by molar-refractivity contribution is -0.115. The summed E-state index contributed by atoms with van der Waals surface area (Å²) in [6.45, 7) is 5.87. The van der Waals surface area contributed by atoms with E-state index in [0.29, 0.717) is 10.6 Å². The van der Waals surface area contributed by atoms with Gasteiger partial charge in [-0.15, -0.1) is 0 Å². The second-order valence-electron chi connectivity index (χ2n) is 5.44. The van der Waals surface area contributed by atoms with E-state index in [0.717, 1.165) is 0 Å². The Morgan fingerprint density at radius 3 is 2.32 bits per heavy atom. The van der Waals surface area contributed by atoms with Gasteiger partial charge in [0.1, 0.15) is 5.60 Å². The number of benzene rings is 1. The van der Waals surface area contributed by atoms with Crippen LogP contribution >= 0.6 is 11.6 Å². The summed E-state index contributed by atoms with van der Waals surface area (Å²) < 4.78 is 5.06. The predicted molar refractivity (Wildman–Crippen MR) is 85.6 cm³/mol. The number of nitrogens with one attached hydrogen (secondary N) is 2. The molecule has 0 heterocycles. The first-order chi connectivity index (χ1) is 10.3. The zero-order valence-electron chi connectivity index (χ0n) is 12.8. The third kappa shape index (κ3) is 8.18. The van der Waals surface area contributed by atoms with Crippen molar-refractivity contribution < 1.29 is 14.3 Å². The van der Waals surface area contributed by atoms with E-state index in [1.54, 1.807) is 45.0 Å². The average Bonchev–Trinajstić information content (AvgIpc) is 2.41. The normalized spacial score (nSPS) is 10.2. The fraction of sp³-hybridized carbons (Fsp3) is 0.375. The molecule has 0 aliphatic rings. The molecule has 0 saturated carbocycles. The van der Waals surface area contributed by atoms with Gasteiger partial charge < -0.3 is 15.4 Å². The molecule has 0 spiro atoms. The molecule has 0 aliphatic heterocycles. The van der Waals surface area contributed by atoms with Crippen LogP contribution in [-0.2, 0) is 9.53 Å². The minimum absolute atomic E-state index is 0.267. The van der Waals surface area contributed by atoms with E-state index in [-0.39, 0.29) is 13.1 Å². The summed E-state index contributed by atoms with van der Waals surface area (Å²) in [5.41, 5.74) is 0.156. The Bertz CT molecular complexity index is 580. The molecule has 5 nitrogen and oxygen atoms in total. The fourth-order valence-corrected chi connectivity index (χ4v) is 1.49. The molecule has 0 atom stereocenters. The maximum absolute atomic E-state index is 11.5. The number of rotatable bonds is 3. The summed E-state index contributed by atoms with van der Waals surface area (Å²) in [4.78, 5) is 22.9. The minimum Gasteiger partial charge on any atom is -0.444 e. The molecule has 0 saturated heterocycles. The van der Waals surface area contributed by atoms with Crippen LogP contribution in [0.25, 0.3) is 0 Å². The van der Waals surface area contributed by atoms with E-state index in [1.807, 2.05) is 0 Å². The third-order valence-electron chi connectivity index (χ3n) is 2.24. The topological polar surface area (TPSA) is 67.4 Å². The number of carbonyl (C=O) groups is 2. The molecule has 0 aromatic heterocycles. The van der Waals surface area contributed by atoms with Gasteiger partial charge in [0.05, 0.1) is 0 Å². The molecular weight excluding hydrogens is 304 g/mol. The number of hydrogen-bond acceptors (Lipinski definition) is 3. The number of ether oxygens (including phenoxy) is 1. The van der Waals surface area contributed by atoms with Crippen molar-refractivity contribution >= 4 is 23.6 Å². The first kappa shape index (κ1) is 17.9. The van der Waals surface area contributed by atoms with Crippen molar-refractivity contribution in [2.24, 2.45) is 0 Å². The smallest absolute Gasteiger partial charge is 0.407 e. The lowest BCUT2D eigenvalue weighted by Crippen LogP contribution is -2.37. The molecule has 118 valence electrons. The quantitative estimate of drug-likeness (QED) is 0.663. The van der Waals surface area contributed by atoms with E-state index in [1.165, 1.54) is 0 Å². The Morgan fingerprint density at radius 2 is 1.73 bits per heavy atom. The second kappa shape index (κ2) is 8.30. The molecular formula is C16H19ClN2O3. The van der Waals surface area contributed by atoms with Crippen LogP contribution < -0.4 is 10.6 Å². The SMILES string of the molecule is CC(C)(C)OC(=O)NCCNC(=O)C#Cc1ccc(Cl)cc1. The van der Waals surface area contributed by atoms with Crippen LogP contribution in [0.1, 0.15) is 26.3 Å². The van der Waals surface area contributed by atoms with E-state index >= 15 is 0 Å². The molecule has 0 bridgehead atoms. The minimum atomic E-state index is -0.544. The molecule has 22 heavy (non-hydrogen) atoms. The predicted octanol–water partition coefficient (Wildman–Crippen LogP) is 2.33. The van der Waals surface area contributed by atoms with Gasteiger partial charge in [0, 0.05) is 29.6 Å². The number of alkyl carbamates (subject to hydrolysis) is 1. The van der Waals surface area contributed by atoms with Crippen molar-refractivity contribution in [1.82, 2.24) is 10.6 Å². The van der Waals surface area contributed by atoms with Gasteiger partial charge in [0.15, 0.2) is 0 Å². The van der Waals surface area contributed by atoms with Gasteiger partial charge in [-0.3, -0.25) is 4.79 Å². The molecule has 2 N–H and O–H groups in total. The second-order valence-corrected chi connectivity index (χ2v) is 5.88. The molecule has 0 unspecified atom stereocenters. The van der Waals surface area contributed by atoms with Crippen LogP contribution in [0.2, 0.25) is 5.02 Å². The number of amides is 2. The monoisotopic (exact) mass is 322 g/mol. The van der Waals surface area contributed by atoms with Crippen molar-refractivity contribution in [2.75, 3.05) is 13.1 Å². The van der Waals surface area contributed by atoms with Crippen molar-refractivity contribution in [3.63, 3.8) is 0 Å². The Balaban J connectivity index is 2.27. The summed E-state index contributed by atoms with van der Waals surface area (Å²) >= 11 is 5.75. The molecule has 1 aromatic carbocycles. The number of hydrogen-bond donors (Lipinski definition) is 2. The van der Waals surface area contributed by atoms with Gasteiger partial charge in [0.2, 0.25) is 0 Å². The third-order valence-corrected chi connectivity index (χ3v) is 2.50. The summed E-state index contributed by atoms with van der Waals surface area (Å²) in [5.74, 6) is 4.76. The van der Waals surface area contributed by atoms with Gasteiger partial charge in [0.25, 0.3) is 5.91 Å². The lowest BCUT2D eigenvalue weighted by Gasteiger charge is -2.19. The summed E-state index contributed by atoms with van der Waals surface area (Å²) in [6, 6.07) is 6.86. The maximum Gasteiger partial charge on any atom is 0.407 e. The molecule has 0 aliphatic carbocycles. The summed E-state index contributed by atoms with van der Waals surface area (Å²) in [5, 5.41) is 5.72. The highest BCUT2D eigenvalue weighted by Crippen LogP contribution is 2.08. The lowest BCUT2D eigenvalue weighted by atomic mass is 10.2. The summed E-state index contributed by atoms with van der Waals surface area (Å²) in [6.07, 6.45) is -0.519. The zero-order valence-corrected chi connectivity index (χ0v) is 13.6. The van der Waals surface area contributed by atoms with Crippen molar-refractivity contribution in [2.45, 2.75) is 26.4 Å². The van der Waals surface area contributed by atoms with Crippen molar-refractivity contribution in [1.29, 1.82) is 0 Å². The van der Waals surface area contributed by atoms with Crippen LogP contribution in [0.15, 0.2) is 24.3 Å². The highest BCUT2D eigenvalue weighted by atomic mass is 35.5.